The quantitative estimate of drug-likeness (QED) is 0.810. The molecule has 1 aliphatic heterocycles. The first-order valence-corrected chi connectivity index (χ1v) is 7.97. The molecule has 2 heterocycles. The van der Waals surface area contributed by atoms with Crippen molar-refractivity contribution in [1.82, 2.24) is 10.2 Å². The number of amides is 1. The van der Waals surface area contributed by atoms with Crippen molar-refractivity contribution in [3.05, 3.63) is 24.2 Å². The highest BCUT2D eigenvalue weighted by atomic mass is 32.2. The minimum Gasteiger partial charge on any atom is -0.468 e. The molecule has 0 aromatic carbocycles. The number of hydrogen-bond acceptors (Lipinski definition) is 4. The van der Waals surface area contributed by atoms with Crippen molar-refractivity contribution in [3.63, 3.8) is 0 Å². The molecule has 1 atom stereocenters. The van der Waals surface area contributed by atoms with E-state index in [1.54, 1.807) is 18.0 Å². The van der Waals surface area contributed by atoms with Crippen LogP contribution in [0.25, 0.3) is 0 Å². The second kappa shape index (κ2) is 7.60. The summed E-state index contributed by atoms with van der Waals surface area (Å²) in [5.74, 6) is 3.17. The van der Waals surface area contributed by atoms with Gasteiger partial charge >= 0.3 is 0 Å². The summed E-state index contributed by atoms with van der Waals surface area (Å²) in [6.45, 7) is 2.75. The van der Waals surface area contributed by atoms with Gasteiger partial charge in [-0.2, -0.15) is 11.8 Å². The summed E-state index contributed by atoms with van der Waals surface area (Å²) in [6.07, 6.45) is 3.84. The van der Waals surface area contributed by atoms with Gasteiger partial charge in [-0.25, -0.2) is 0 Å². The van der Waals surface area contributed by atoms with Gasteiger partial charge < -0.3 is 14.6 Å². The maximum atomic E-state index is 12.0. The molecule has 1 fully saturated rings. The first-order valence-electron chi connectivity index (χ1n) is 6.82. The summed E-state index contributed by atoms with van der Waals surface area (Å²) in [5.41, 5.74) is 0. The number of furan rings is 1. The molecule has 4 nitrogen and oxygen atoms in total. The Balaban J connectivity index is 1.56. The standard InChI is InChI=1S/C14H22N2O2S/c1-16-7-2-4-12(10-16)14(17)15-6-9-19-11-13-5-3-8-18-13/h3,5,8,12H,2,4,6-7,9-11H2,1H3,(H,15,17)/t12-/m1/s1. The number of nitrogens with one attached hydrogen (secondary N) is 1. The van der Waals surface area contributed by atoms with Crippen molar-refractivity contribution in [3.8, 4) is 0 Å². The second-order valence-corrected chi connectivity index (χ2v) is 6.13. The predicted molar refractivity (Wildman–Crippen MR) is 78.1 cm³/mol. The zero-order chi connectivity index (χ0) is 13.5. The molecule has 0 radical (unpaired) electrons. The molecule has 0 saturated carbocycles. The van der Waals surface area contributed by atoms with Gasteiger partial charge in [0.1, 0.15) is 5.76 Å². The number of thioether (sulfide) groups is 1. The van der Waals surface area contributed by atoms with Crippen LogP contribution >= 0.6 is 11.8 Å². The predicted octanol–water partition coefficient (Wildman–Crippen LogP) is 1.97. The summed E-state index contributed by atoms with van der Waals surface area (Å²) in [7, 11) is 2.08. The molecule has 0 spiro atoms. The molecule has 1 aromatic rings. The zero-order valence-electron chi connectivity index (χ0n) is 11.4. The van der Waals surface area contributed by atoms with Crippen LogP contribution in [-0.2, 0) is 10.5 Å². The number of likely N-dealkylation sites (tertiary alicyclic amines) is 1. The van der Waals surface area contributed by atoms with Crippen molar-refractivity contribution in [2.24, 2.45) is 5.92 Å². The van der Waals surface area contributed by atoms with E-state index in [1.807, 2.05) is 12.1 Å². The average Bonchev–Trinajstić information content (AvgIpc) is 2.91. The fourth-order valence-corrected chi connectivity index (χ4v) is 3.09. The smallest absolute Gasteiger partial charge is 0.224 e. The van der Waals surface area contributed by atoms with Gasteiger partial charge in [-0.1, -0.05) is 0 Å². The lowest BCUT2D eigenvalue weighted by molar-refractivity contribution is -0.126. The lowest BCUT2D eigenvalue weighted by Crippen LogP contribution is -2.41. The number of rotatable bonds is 6. The van der Waals surface area contributed by atoms with E-state index in [-0.39, 0.29) is 11.8 Å². The monoisotopic (exact) mass is 282 g/mol. The third-order valence-corrected chi connectivity index (χ3v) is 4.35. The normalized spacial score (nSPS) is 20.4. The molecule has 106 valence electrons. The molecular weight excluding hydrogens is 260 g/mol. The summed E-state index contributed by atoms with van der Waals surface area (Å²) >= 11 is 1.78. The van der Waals surface area contributed by atoms with Crippen LogP contribution in [0.5, 0.6) is 0 Å². The van der Waals surface area contributed by atoms with Gasteiger partial charge in [0.2, 0.25) is 5.91 Å². The molecule has 1 N–H and O–H groups in total. The molecule has 19 heavy (non-hydrogen) atoms. The van der Waals surface area contributed by atoms with Crippen LogP contribution < -0.4 is 5.32 Å². The van der Waals surface area contributed by atoms with Crippen LogP contribution in [-0.4, -0.2) is 43.2 Å². The first-order chi connectivity index (χ1) is 9.25. The topological polar surface area (TPSA) is 45.5 Å². The van der Waals surface area contributed by atoms with Crippen LogP contribution in [0.15, 0.2) is 22.8 Å². The average molecular weight is 282 g/mol. The summed E-state index contributed by atoms with van der Waals surface area (Å²) < 4.78 is 5.25. The van der Waals surface area contributed by atoms with Gasteiger partial charge in [-0.05, 0) is 38.6 Å². The SMILES string of the molecule is CN1CCC[C@@H](C(=O)NCCSCc2ccco2)C1. The van der Waals surface area contributed by atoms with Gasteiger partial charge in [-0.15, -0.1) is 0 Å². The molecule has 2 rings (SSSR count). The third-order valence-electron chi connectivity index (χ3n) is 3.37. The van der Waals surface area contributed by atoms with E-state index >= 15 is 0 Å². The summed E-state index contributed by atoms with van der Waals surface area (Å²) in [6, 6.07) is 3.88. The van der Waals surface area contributed by atoms with E-state index in [0.717, 1.165) is 49.7 Å². The number of piperidine rings is 1. The van der Waals surface area contributed by atoms with E-state index < -0.39 is 0 Å². The van der Waals surface area contributed by atoms with E-state index in [1.165, 1.54) is 0 Å². The Morgan fingerprint density at radius 1 is 1.63 bits per heavy atom. The lowest BCUT2D eigenvalue weighted by atomic mass is 9.98. The fourth-order valence-electron chi connectivity index (χ4n) is 2.34. The Hall–Kier alpha value is -0.940. The lowest BCUT2D eigenvalue weighted by Gasteiger charge is -2.28. The van der Waals surface area contributed by atoms with Crippen LogP contribution in [0.3, 0.4) is 0 Å². The van der Waals surface area contributed by atoms with Crippen LogP contribution in [0.2, 0.25) is 0 Å². The maximum absolute atomic E-state index is 12.0. The highest BCUT2D eigenvalue weighted by molar-refractivity contribution is 7.98. The van der Waals surface area contributed by atoms with Crippen molar-refractivity contribution >= 4 is 17.7 Å². The highest BCUT2D eigenvalue weighted by Crippen LogP contribution is 2.15. The van der Waals surface area contributed by atoms with Crippen LogP contribution in [0.4, 0.5) is 0 Å². The van der Waals surface area contributed by atoms with Gasteiger partial charge in [-0.3, -0.25) is 4.79 Å². The number of hydrogen-bond donors (Lipinski definition) is 1. The summed E-state index contributed by atoms with van der Waals surface area (Å²) in [5, 5.41) is 3.04. The molecular formula is C14H22N2O2S. The number of nitrogens with zero attached hydrogens (tertiary/aromatic N) is 1. The maximum Gasteiger partial charge on any atom is 0.224 e. The van der Waals surface area contributed by atoms with Crippen molar-refractivity contribution in [2.75, 3.05) is 32.4 Å². The fraction of sp³-hybridized carbons (Fsp3) is 0.643. The molecule has 1 aliphatic rings. The Labute approximate surface area is 118 Å². The number of carbonyl (C=O) groups is 1. The van der Waals surface area contributed by atoms with E-state index in [9.17, 15) is 4.79 Å². The molecule has 0 unspecified atom stereocenters. The highest BCUT2D eigenvalue weighted by Gasteiger charge is 2.23. The molecule has 1 aromatic heterocycles. The van der Waals surface area contributed by atoms with Crippen molar-refractivity contribution < 1.29 is 9.21 Å². The Morgan fingerprint density at radius 2 is 2.53 bits per heavy atom. The Bertz CT molecular complexity index is 381. The minimum atomic E-state index is 0.175. The number of carbonyl (C=O) groups excluding carboxylic acids is 1. The summed E-state index contributed by atoms with van der Waals surface area (Å²) in [4.78, 5) is 14.2. The van der Waals surface area contributed by atoms with Crippen molar-refractivity contribution in [1.29, 1.82) is 0 Å². The van der Waals surface area contributed by atoms with Gasteiger partial charge in [0.05, 0.1) is 17.9 Å². The first kappa shape index (κ1) is 14.5. The van der Waals surface area contributed by atoms with E-state index in [2.05, 4.69) is 17.3 Å². The van der Waals surface area contributed by atoms with Gasteiger partial charge in [0, 0.05) is 18.8 Å². The molecule has 0 aliphatic carbocycles. The third kappa shape index (κ3) is 4.91. The van der Waals surface area contributed by atoms with E-state index in [0.29, 0.717) is 0 Å². The second-order valence-electron chi connectivity index (χ2n) is 5.02. The van der Waals surface area contributed by atoms with Crippen molar-refractivity contribution in [2.45, 2.75) is 18.6 Å². The molecule has 5 heteroatoms. The largest absolute Gasteiger partial charge is 0.468 e. The van der Waals surface area contributed by atoms with Gasteiger partial charge in [0.25, 0.3) is 0 Å². The Morgan fingerprint density at radius 3 is 3.26 bits per heavy atom. The Kier molecular flexibility index (Phi) is 5.79. The van der Waals surface area contributed by atoms with Crippen LogP contribution in [0, 0.1) is 5.92 Å². The van der Waals surface area contributed by atoms with Crippen LogP contribution in [0.1, 0.15) is 18.6 Å². The molecule has 1 saturated heterocycles. The zero-order valence-corrected chi connectivity index (χ0v) is 12.2. The molecule has 0 bridgehead atoms. The van der Waals surface area contributed by atoms with E-state index in [4.69, 9.17) is 4.42 Å². The minimum absolute atomic E-state index is 0.175. The van der Waals surface area contributed by atoms with Gasteiger partial charge in [0.15, 0.2) is 0 Å². The molecule has 1 amide bonds.